The molecular formula is C32H43N3O6Si. The molecule has 2 aromatic carbocycles. The van der Waals surface area contributed by atoms with Gasteiger partial charge in [-0.1, -0.05) is 55.0 Å². The summed E-state index contributed by atoms with van der Waals surface area (Å²) in [6.45, 7) is 6.57. The largest absolute Gasteiger partial charge is 0.461 e. The maximum atomic E-state index is 13.4. The second-order valence-electron chi connectivity index (χ2n) is 9.97. The minimum atomic E-state index is -0.519. The van der Waals surface area contributed by atoms with Gasteiger partial charge in [0, 0.05) is 25.1 Å². The van der Waals surface area contributed by atoms with Gasteiger partial charge in [-0.15, -0.1) is 0 Å². The third-order valence-corrected chi connectivity index (χ3v) is 7.79. The van der Waals surface area contributed by atoms with E-state index in [1.165, 1.54) is 0 Å². The number of unbranched alkanes of at least 4 members (excludes halogenated alkanes) is 2. The Morgan fingerprint density at radius 2 is 1.71 bits per heavy atom. The van der Waals surface area contributed by atoms with Crippen molar-refractivity contribution in [3.05, 3.63) is 65.2 Å². The zero-order valence-corrected chi connectivity index (χ0v) is 25.8. The summed E-state index contributed by atoms with van der Waals surface area (Å²) >= 11 is 0. The molecule has 1 heterocycles. The molecule has 0 spiro atoms. The Hall–Kier alpha value is -3.47. The molecule has 0 aromatic heterocycles. The number of amides is 2. The number of benzene rings is 2. The molecule has 0 bridgehead atoms. The number of fused-ring (bicyclic) bond motifs is 2. The molecule has 1 aliphatic heterocycles. The number of nitrogens with zero attached hydrogens (tertiary/aromatic N) is 1. The summed E-state index contributed by atoms with van der Waals surface area (Å²) in [4.78, 5) is 38.8. The van der Waals surface area contributed by atoms with E-state index in [1.54, 1.807) is 0 Å². The van der Waals surface area contributed by atoms with Gasteiger partial charge in [-0.3, -0.25) is 9.59 Å². The molecule has 226 valence electrons. The first-order valence-electron chi connectivity index (χ1n) is 14.8. The van der Waals surface area contributed by atoms with Gasteiger partial charge in [0.15, 0.2) is 0 Å². The third kappa shape index (κ3) is 11.4. The van der Waals surface area contributed by atoms with Crippen molar-refractivity contribution < 1.29 is 28.3 Å². The summed E-state index contributed by atoms with van der Waals surface area (Å²) in [6, 6.07) is 17.2. The van der Waals surface area contributed by atoms with Crippen LogP contribution < -0.4 is 15.5 Å². The Morgan fingerprint density at radius 1 is 0.929 bits per heavy atom. The van der Waals surface area contributed by atoms with Gasteiger partial charge in [0.25, 0.3) is 0 Å². The Morgan fingerprint density at radius 3 is 2.57 bits per heavy atom. The summed E-state index contributed by atoms with van der Waals surface area (Å²) in [5.41, 5.74) is 5.44. The van der Waals surface area contributed by atoms with Crippen molar-refractivity contribution >= 4 is 45.1 Å². The summed E-state index contributed by atoms with van der Waals surface area (Å²) in [7, 11) is 0.448. The van der Waals surface area contributed by atoms with E-state index >= 15 is 0 Å². The first kappa shape index (κ1) is 33.0. The summed E-state index contributed by atoms with van der Waals surface area (Å²) in [5, 5.41) is 5.73. The first-order valence-corrected chi connectivity index (χ1v) is 15.9. The lowest BCUT2D eigenvalue weighted by atomic mass is 9.96. The molecule has 0 saturated carbocycles. The van der Waals surface area contributed by atoms with Gasteiger partial charge in [0.2, 0.25) is 15.7 Å². The van der Waals surface area contributed by atoms with Gasteiger partial charge >= 0.3 is 12.1 Å². The predicted molar refractivity (Wildman–Crippen MR) is 166 cm³/mol. The number of hydrogen-bond acceptors (Lipinski definition) is 7. The van der Waals surface area contributed by atoms with Crippen LogP contribution in [0.2, 0.25) is 6.04 Å². The summed E-state index contributed by atoms with van der Waals surface area (Å²) in [6.07, 6.45) is 5.44. The van der Waals surface area contributed by atoms with Crippen molar-refractivity contribution in [3.63, 3.8) is 0 Å². The third-order valence-electron chi connectivity index (χ3n) is 6.74. The Balaban J connectivity index is 1.27. The lowest BCUT2D eigenvalue weighted by Gasteiger charge is -2.28. The average molecular weight is 594 g/mol. The van der Waals surface area contributed by atoms with Crippen molar-refractivity contribution in [3.8, 4) is 0 Å². The number of nitrogens with one attached hydrogen (secondary N) is 2. The van der Waals surface area contributed by atoms with Crippen LogP contribution in [-0.2, 0) is 30.0 Å². The van der Waals surface area contributed by atoms with E-state index in [1.807, 2.05) is 42.2 Å². The lowest BCUT2D eigenvalue weighted by molar-refractivity contribution is -0.143. The highest BCUT2D eigenvalue weighted by atomic mass is 28.2. The fourth-order valence-electron chi connectivity index (χ4n) is 4.60. The molecule has 2 amide bonds. The topological polar surface area (TPSA) is 106 Å². The molecule has 2 N–H and O–H groups in total. The van der Waals surface area contributed by atoms with Crippen LogP contribution in [0.5, 0.6) is 0 Å². The van der Waals surface area contributed by atoms with Crippen LogP contribution >= 0.6 is 0 Å². The minimum absolute atomic E-state index is 0.00916. The number of hydrogen-bond donors (Lipinski definition) is 2. The Labute approximate surface area is 251 Å². The molecule has 2 aromatic rings. The number of carbonyl (C=O) groups is 3. The van der Waals surface area contributed by atoms with Crippen LogP contribution in [0.3, 0.4) is 0 Å². The molecular weight excluding hydrogens is 550 g/mol. The van der Waals surface area contributed by atoms with Crippen LogP contribution in [-0.4, -0.2) is 67.2 Å². The number of alkyl carbamates (subject to hydrolysis) is 1. The number of para-hydroxylation sites is 1. The van der Waals surface area contributed by atoms with Crippen molar-refractivity contribution in [2.24, 2.45) is 0 Å². The fourth-order valence-corrected chi connectivity index (χ4v) is 5.27. The number of anilines is 1. The van der Waals surface area contributed by atoms with Crippen LogP contribution in [0.25, 0.3) is 11.6 Å². The maximum absolute atomic E-state index is 13.4. The van der Waals surface area contributed by atoms with Crippen molar-refractivity contribution in [2.45, 2.75) is 58.5 Å². The number of carbonyl (C=O) groups excluding carboxylic acids is 3. The number of esters is 1. The smallest absolute Gasteiger partial charge is 0.407 e. The van der Waals surface area contributed by atoms with Gasteiger partial charge in [0.05, 0.1) is 18.8 Å². The second-order valence-corrected chi connectivity index (χ2v) is 11.1. The van der Waals surface area contributed by atoms with Crippen molar-refractivity contribution in [2.75, 3.05) is 44.4 Å². The van der Waals surface area contributed by atoms with Crippen molar-refractivity contribution in [1.29, 1.82) is 0 Å². The van der Waals surface area contributed by atoms with E-state index in [9.17, 15) is 14.4 Å². The first-order chi connectivity index (χ1) is 20.5. The van der Waals surface area contributed by atoms with Gasteiger partial charge in [-0.2, -0.15) is 0 Å². The minimum Gasteiger partial charge on any atom is -0.461 e. The number of rotatable bonds is 17. The molecule has 1 aliphatic rings. The van der Waals surface area contributed by atoms with Crippen LogP contribution in [0.15, 0.2) is 48.5 Å². The quantitative estimate of drug-likeness (QED) is 0.151. The van der Waals surface area contributed by atoms with E-state index in [0.29, 0.717) is 42.4 Å². The SMILES string of the molecule is CCO[Si]CCCNC(=O)OCCOC(=O)CNCCCCCC(=O)N1Cc2ccccc2/C=C(/C)c2ccccc21. The highest BCUT2D eigenvalue weighted by molar-refractivity contribution is 6.26. The molecule has 2 radical (unpaired) electrons. The molecule has 0 saturated heterocycles. The zero-order chi connectivity index (χ0) is 30.0. The van der Waals surface area contributed by atoms with Gasteiger partial charge in [0.1, 0.15) is 13.2 Å². The Bertz CT molecular complexity index is 1190. The molecule has 0 fully saturated rings. The zero-order valence-electron chi connectivity index (χ0n) is 24.8. The molecule has 0 aliphatic carbocycles. The monoisotopic (exact) mass is 593 g/mol. The fraction of sp³-hybridized carbons (Fsp3) is 0.469. The van der Waals surface area contributed by atoms with E-state index < -0.39 is 12.1 Å². The normalized spacial score (nSPS) is 13.6. The highest BCUT2D eigenvalue weighted by Crippen LogP contribution is 2.33. The van der Waals surface area contributed by atoms with Gasteiger partial charge in [-0.25, -0.2) is 4.79 Å². The molecule has 3 rings (SSSR count). The molecule has 10 heteroatoms. The number of ether oxygens (including phenoxy) is 2. The van der Waals surface area contributed by atoms with E-state index in [4.69, 9.17) is 13.9 Å². The summed E-state index contributed by atoms with van der Waals surface area (Å²) < 4.78 is 15.4. The molecule has 42 heavy (non-hydrogen) atoms. The van der Waals surface area contributed by atoms with Crippen LogP contribution in [0, 0.1) is 0 Å². The number of allylic oxidation sites excluding steroid dienone is 1. The standard InChI is InChI=1S/C32H43N3O6Si/c1-3-41-42-21-11-18-34-32(38)40-20-19-39-31(37)23-33-17-10-4-5-16-30(36)35-24-27-13-7-6-12-26(27)22-25(2)28-14-8-9-15-29(28)35/h6-9,12-15,22,33H,3-5,10-11,16-21,23-24H2,1-2H3,(H,34,38)/b25-22-. The van der Waals surface area contributed by atoms with Gasteiger partial charge in [-0.05, 0) is 68.5 Å². The lowest BCUT2D eigenvalue weighted by Crippen LogP contribution is -2.31. The van der Waals surface area contributed by atoms with E-state index in [2.05, 4.69) is 41.8 Å². The second kappa shape index (κ2) is 18.9. The van der Waals surface area contributed by atoms with E-state index in [0.717, 1.165) is 59.7 Å². The van der Waals surface area contributed by atoms with Crippen molar-refractivity contribution in [1.82, 2.24) is 10.6 Å². The average Bonchev–Trinajstić information content (AvgIpc) is 2.99. The maximum Gasteiger partial charge on any atom is 0.407 e. The molecule has 9 nitrogen and oxygen atoms in total. The highest BCUT2D eigenvalue weighted by Gasteiger charge is 2.22. The molecule has 0 atom stereocenters. The van der Waals surface area contributed by atoms with E-state index in [-0.39, 0.29) is 25.7 Å². The van der Waals surface area contributed by atoms with Crippen LogP contribution in [0.1, 0.15) is 62.6 Å². The predicted octanol–water partition coefficient (Wildman–Crippen LogP) is 4.98. The van der Waals surface area contributed by atoms with Gasteiger partial charge < -0.3 is 29.4 Å². The summed E-state index contributed by atoms with van der Waals surface area (Å²) in [5.74, 6) is -0.284. The molecule has 0 unspecified atom stereocenters. The van der Waals surface area contributed by atoms with Crippen LogP contribution in [0.4, 0.5) is 10.5 Å². The Kier molecular flexibility index (Phi) is 14.8.